The molecule has 0 saturated carbocycles. The highest BCUT2D eigenvalue weighted by Crippen LogP contribution is 2.16. The van der Waals surface area contributed by atoms with Gasteiger partial charge in [0.1, 0.15) is 17.3 Å². The molecule has 0 fully saturated rings. The molecule has 6 heteroatoms. The van der Waals surface area contributed by atoms with Gasteiger partial charge in [0.15, 0.2) is 0 Å². The second-order valence-corrected chi connectivity index (χ2v) is 5.75. The Bertz CT molecular complexity index is 889. The molecule has 0 aliphatic heterocycles. The molecule has 0 spiro atoms. The number of nitrogens with zero attached hydrogens (tertiary/aromatic N) is 2. The number of hydrogen-bond donors (Lipinski definition) is 2. The smallest absolute Gasteiger partial charge is 0.275 e. The number of anilines is 3. The summed E-state index contributed by atoms with van der Waals surface area (Å²) in [7, 11) is 0. The molecule has 1 heterocycles. The number of aryl methyl sites for hydroxylation is 2. The molecule has 0 bridgehead atoms. The number of carbonyl (C=O) groups excluding carboxylic acids is 1. The fourth-order valence-corrected chi connectivity index (χ4v) is 2.47. The Labute approximate surface area is 145 Å². The van der Waals surface area contributed by atoms with Crippen molar-refractivity contribution >= 4 is 23.1 Å². The van der Waals surface area contributed by atoms with Crippen molar-refractivity contribution < 1.29 is 9.18 Å². The number of aromatic nitrogens is 2. The van der Waals surface area contributed by atoms with Crippen LogP contribution >= 0.6 is 0 Å². The zero-order valence-electron chi connectivity index (χ0n) is 13.9. The Morgan fingerprint density at radius 2 is 1.72 bits per heavy atom. The Hall–Kier alpha value is -3.28. The molecular weight excluding hydrogens is 319 g/mol. The van der Waals surface area contributed by atoms with E-state index in [1.165, 1.54) is 24.5 Å². The van der Waals surface area contributed by atoms with E-state index in [1.54, 1.807) is 12.1 Å². The van der Waals surface area contributed by atoms with Gasteiger partial charge in [0.05, 0.1) is 12.4 Å². The second kappa shape index (κ2) is 7.09. The van der Waals surface area contributed by atoms with Gasteiger partial charge in [-0.25, -0.2) is 14.4 Å². The van der Waals surface area contributed by atoms with Gasteiger partial charge in [-0.1, -0.05) is 12.1 Å². The maximum atomic E-state index is 13.2. The molecule has 0 atom stereocenters. The highest BCUT2D eigenvalue weighted by atomic mass is 19.1. The number of amides is 1. The molecule has 25 heavy (non-hydrogen) atoms. The third-order valence-electron chi connectivity index (χ3n) is 3.46. The van der Waals surface area contributed by atoms with Crippen molar-refractivity contribution in [1.82, 2.24) is 9.97 Å². The second-order valence-electron chi connectivity index (χ2n) is 5.75. The van der Waals surface area contributed by atoms with Crippen molar-refractivity contribution in [3.8, 4) is 0 Å². The maximum Gasteiger partial charge on any atom is 0.275 e. The van der Waals surface area contributed by atoms with E-state index in [0.717, 1.165) is 11.1 Å². The van der Waals surface area contributed by atoms with Crippen LogP contribution in [0, 0.1) is 19.7 Å². The molecule has 0 saturated heterocycles. The van der Waals surface area contributed by atoms with E-state index in [1.807, 2.05) is 32.0 Å². The predicted octanol–water partition coefficient (Wildman–Crippen LogP) is 4.23. The Morgan fingerprint density at radius 3 is 2.36 bits per heavy atom. The van der Waals surface area contributed by atoms with E-state index >= 15 is 0 Å². The summed E-state index contributed by atoms with van der Waals surface area (Å²) in [5, 5.41) is 5.74. The largest absolute Gasteiger partial charge is 0.339 e. The lowest BCUT2D eigenvalue weighted by atomic mass is 10.1. The van der Waals surface area contributed by atoms with Crippen molar-refractivity contribution in [2.24, 2.45) is 0 Å². The SMILES string of the molecule is Cc1cc(C)cc(NC(=O)c2cnc(Nc3cccc(F)c3)cn2)c1. The van der Waals surface area contributed by atoms with Crippen LogP contribution in [0.5, 0.6) is 0 Å². The zero-order valence-corrected chi connectivity index (χ0v) is 13.9. The summed E-state index contributed by atoms with van der Waals surface area (Å²) in [6.45, 7) is 3.94. The average molecular weight is 336 g/mol. The van der Waals surface area contributed by atoms with Crippen LogP contribution in [-0.4, -0.2) is 15.9 Å². The van der Waals surface area contributed by atoms with Crippen LogP contribution in [0.2, 0.25) is 0 Å². The molecule has 1 aromatic heterocycles. The van der Waals surface area contributed by atoms with E-state index in [-0.39, 0.29) is 17.4 Å². The predicted molar refractivity (Wildman–Crippen MR) is 95.6 cm³/mol. The minimum absolute atomic E-state index is 0.198. The minimum atomic E-state index is -0.345. The van der Waals surface area contributed by atoms with E-state index in [0.29, 0.717) is 17.2 Å². The Balaban J connectivity index is 1.70. The zero-order chi connectivity index (χ0) is 17.8. The minimum Gasteiger partial charge on any atom is -0.339 e. The van der Waals surface area contributed by atoms with Crippen molar-refractivity contribution in [1.29, 1.82) is 0 Å². The van der Waals surface area contributed by atoms with Crippen LogP contribution in [0.4, 0.5) is 21.6 Å². The molecule has 0 aliphatic rings. The number of halogens is 1. The molecule has 1 amide bonds. The molecule has 2 aromatic carbocycles. The summed E-state index contributed by atoms with van der Waals surface area (Å²) in [4.78, 5) is 20.5. The molecule has 126 valence electrons. The number of carbonyl (C=O) groups is 1. The molecule has 0 unspecified atom stereocenters. The first-order valence-corrected chi connectivity index (χ1v) is 7.74. The van der Waals surface area contributed by atoms with Crippen molar-refractivity contribution in [2.45, 2.75) is 13.8 Å². The van der Waals surface area contributed by atoms with Crippen LogP contribution < -0.4 is 10.6 Å². The van der Waals surface area contributed by atoms with Crippen LogP contribution in [0.3, 0.4) is 0 Å². The van der Waals surface area contributed by atoms with E-state index < -0.39 is 0 Å². The third kappa shape index (κ3) is 4.38. The van der Waals surface area contributed by atoms with Gasteiger partial charge in [-0.05, 0) is 55.3 Å². The standard InChI is InChI=1S/C19H17FN4O/c1-12-6-13(2)8-16(7-12)24-19(25)17-10-22-18(11-21-17)23-15-5-3-4-14(20)9-15/h3-11H,1-2H3,(H,22,23)(H,24,25). The molecule has 3 aromatic rings. The highest BCUT2D eigenvalue weighted by molar-refractivity contribution is 6.02. The Morgan fingerprint density at radius 1 is 0.960 bits per heavy atom. The van der Waals surface area contributed by atoms with Gasteiger partial charge in [-0.15, -0.1) is 0 Å². The first kappa shape index (κ1) is 16.6. The van der Waals surface area contributed by atoms with Gasteiger partial charge in [-0.2, -0.15) is 0 Å². The summed E-state index contributed by atoms with van der Waals surface area (Å²) in [5.41, 5.74) is 3.60. The molecule has 0 aliphatic carbocycles. The third-order valence-corrected chi connectivity index (χ3v) is 3.46. The van der Waals surface area contributed by atoms with Crippen LogP contribution in [-0.2, 0) is 0 Å². The fourth-order valence-electron chi connectivity index (χ4n) is 2.47. The number of nitrogens with one attached hydrogen (secondary N) is 2. The normalized spacial score (nSPS) is 10.4. The van der Waals surface area contributed by atoms with E-state index in [2.05, 4.69) is 20.6 Å². The first-order valence-electron chi connectivity index (χ1n) is 7.74. The van der Waals surface area contributed by atoms with Crippen molar-refractivity contribution in [3.63, 3.8) is 0 Å². The number of benzene rings is 2. The van der Waals surface area contributed by atoms with Crippen LogP contribution in [0.25, 0.3) is 0 Å². The van der Waals surface area contributed by atoms with Gasteiger partial charge in [0, 0.05) is 11.4 Å². The lowest BCUT2D eigenvalue weighted by molar-refractivity contribution is 0.102. The summed E-state index contributed by atoms with van der Waals surface area (Å²) in [6, 6.07) is 11.8. The lowest BCUT2D eigenvalue weighted by Gasteiger charge is -2.08. The number of rotatable bonds is 4. The number of hydrogen-bond acceptors (Lipinski definition) is 4. The Kier molecular flexibility index (Phi) is 4.70. The quantitative estimate of drug-likeness (QED) is 0.748. The van der Waals surface area contributed by atoms with Gasteiger partial charge in [0.2, 0.25) is 0 Å². The average Bonchev–Trinajstić information content (AvgIpc) is 2.54. The monoisotopic (exact) mass is 336 g/mol. The van der Waals surface area contributed by atoms with Gasteiger partial charge in [0.25, 0.3) is 5.91 Å². The van der Waals surface area contributed by atoms with Crippen LogP contribution in [0.1, 0.15) is 21.6 Å². The molecule has 2 N–H and O–H groups in total. The molecule has 5 nitrogen and oxygen atoms in total. The molecule has 3 rings (SSSR count). The van der Waals surface area contributed by atoms with Gasteiger partial charge >= 0.3 is 0 Å². The van der Waals surface area contributed by atoms with Gasteiger partial charge in [-0.3, -0.25) is 4.79 Å². The van der Waals surface area contributed by atoms with Gasteiger partial charge < -0.3 is 10.6 Å². The summed E-state index contributed by atoms with van der Waals surface area (Å²) >= 11 is 0. The van der Waals surface area contributed by atoms with Crippen molar-refractivity contribution in [3.05, 3.63) is 77.5 Å². The first-order chi connectivity index (χ1) is 12.0. The van der Waals surface area contributed by atoms with Crippen LogP contribution in [0.15, 0.2) is 54.9 Å². The van der Waals surface area contributed by atoms with E-state index in [9.17, 15) is 9.18 Å². The van der Waals surface area contributed by atoms with E-state index in [4.69, 9.17) is 0 Å². The lowest BCUT2D eigenvalue weighted by Crippen LogP contribution is -2.14. The topological polar surface area (TPSA) is 66.9 Å². The highest BCUT2D eigenvalue weighted by Gasteiger charge is 2.09. The summed E-state index contributed by atoms with van der Waals surface area (Å²) in [5.74, 6) is -0.259. The maximum absolute atomic E-state index is 13.2. The molecular formula is C19H17FN4O. The fraction of sp³-hybridized carbons (Fsp3) is 0.105. The van der Waals surface area contributed by atoms with Crippen molar-refractivity contribution in [2.75, 3.05) is 10.6 Å². The molecule has 0 radical (unpaired) electrons. The summed E-state index contributed by atoms with van der Waals surface area (Å²) < 4.78 is 13.2. The summed E-state index contributed by atoms with van der Waals surface area (Å²) in [6.07, 6.45) is 2.81.